The predicted octanol–water partition coefficient (Wildman–Crippen LogP) is 4.07. The average Bonchev–Trinajstić information content (AvgIpc) is 2.69. The number of hydrogen-bond donors (Lipinski definition) is 0. The van der Waals surface area contributed by atoms with Crippen molar-refractivity contribution < 1.29 is 9.47 Å². The first-order valence-corrected chi connectivity index (χ1v) is 7.52. The van der Waals surface area contributed by atoms with E-state index in [-0.39, 0.29) is 0 Å². The first-order chi connectivity index (χ1) is 8.76. The molecule has 1 fully saturated rings. The van der Waals surface area contributed by atoms with Gasteiger partial charge in [0.25, 0.3) is 0 Å². The summed E-state index contributed by atoms with van der Waals surface area (Å²) in [5.41, 5.74) is 1.79. The van der Waals surface area contributed by atoms with E-state index in [0.717, 1.165) is 11.1 Å². The highest BCUT2D eigenvalue weighted by Crippen LogP contribution is 2.68. The largest absolute Gasteiger partial charge is 0.350 e. The Morgan fingerprint density at radius 1 is 1.21 bits per heavy atom. The highest BCUT2D eigenvalue weighted by Gasteiger charge is 2.81. The molecular formula is C13H16Cl4O2. The summed E-state index contributed by atoms with van der Waals surface area (Å²) in [7, 11) is 3.00. The average molecular weight is 346 g/mol. The molecule has 0 aromatic heterocycles. The number of methoxy groups -OCH3 is 2. The van der Waals surface area contributed by atoms with Crippen molar-refractivity contribution in [2.45, 2.75) is 40.1 Å². The van der Waals surface area contributed by atoms with Crippen molar-refractivity contribution in [2.75, 3.05) is 14.2 Å². The van der Waals surface area contributed by atoms with Gasteiger partial charge in [-0.25, -0.2) is 0 Å². The molecule has 2 aliphatic carbocycles. The summed E-state index contributed by atoms with van der Waals surface area (Å²) in [5.74, 6) is -1.29. The molecule has 2 bridgehead atoms. The van der Waals surface area contributed by atoms with Crippen LogP contribution in [0.1, 0.15) is 13.8 Å². The molecule has 6 heteroatoms. The van der Waals surface area contributed by atoms with Gasteiger partial charge >= 0.3 is 0 Å². The van der Waals surface area contributed by atoms with E-state index in [4.69, 9.17) is 55.9 Å². The molecule has 0 aromatic rings. The van der Waals surface area contributed by atoms with Gasteiger partial charge in [-0.2, -0.15) is 0 Å². The van der Waals surface area contributed by atoms with Gasteiger partial charge in [-0.05, 0) is 19.4 Å². The number of allylic oxidation sites excluding steroid dienone is 2. The quantitative estimate of drug-likeness (QED) is 0.567. The summed E-state index contributed by atoms with van der Waals surface area (Å²) in [5, 5.41) is -1.20. The number of fused-ring (bicyclic) bond motifs is 2. The Morgan fingerprint density at radius 3 is 2.11 bits per heavy atom. The molecule has 0 heterocycles. The third-order valence-electron chi connectivity index (χ3n) is 4.20. The summed E-state index contributed by atoms with van der Waals surface area (Å²) in [4.78, 5) is -2.23. The van der Waals surface area contributed by atoms with Crippen molar-refractivity contribution in [3.8, 4) is 0 Å². The zero-order valence-corrected chi connectivity index (χ0v) is 14.2. The first kappa shape index (κ1) is 15.9. The topological polar surface area (TPSA) is 18.5 Å². The smallest absolute Gasteiger partial charge is 0.217 e. The van der Waals surface area contributed by atoms with Crippen LogP contribution in [-0.2, 0) is 9.47 Å². The van der Waals surface area contributed by atoms with E-state index in [9.17, 15) is 0 Å². The third-order valence-corrected chi connectivity index (χ3v) is 7.01. The molecule has 4 unspecified atom stereocenters. The van der Waals surface area contributed by atoms with Crippen molar-refractivity contribution in [1.82, 2.24) is 0 Å². The maximum atomic E-state index is 6.83. The van der Waals surface area contributed by atoms with E-state index in [1.807, 2.05) is 26.0 Å². The molecule has 1 saturated carbocycles. The minimum absolute atomic E-state index is 0.596. The van der Waals surface area contributed by atoms with Gasteiger partial charge in [0.1, 0.15) is 9.75 Å². The second kappa shape index (κ2) is 4.79. The van der Waals surface area contributed by atoms with Crippen LogP contribution in [0.2, 0.25) is 0 Å². The van der Waals surface area contributed by atoms with Crippen LogP contribution in [0.5, 0.6) is 0 Å². The highest BCUT2D eigenvalue weighted by molar-refractivity contribution is 6.46. The van der Waals surface area contributed by atoms with Crippen molar-refractivity contribution >= 4 is 46.4 Å². The fourth-order valence-corrected chi connectivity index (χ4v) is 5.33. The van der Waals surface area contributed by atoms with Gasteiger partial charge < -0.3 is 9.47 Å². The van der Waals surface area contributed by atoms with Gasteiger partial charge in [0.05, 0.1) is 10.8 Å². The maximum Gasteiger partial charge on any atom is 0.217 e. The zero-order valence-electron chi connectivity index (χ0n) is 11.1. The Balaban J connectivity index is 2.73. The van der Waals surface area contributed by atoms with Gasteiger partial charge in [0.15, 0.2) is 0 Å². The summed E-state index contributed by atoms with van der Waals surface area (Å²) in [6.45, 7) is 3.87. The van der Waals surface area contributed by atoms with Crippen LogP contribution in [0.25, 0.3) is 0 Å². The molecule has 2 rings (SSSR count). The molecule has 19 heavy (non-hydrogen) atoms. The molecule has 0 saturated heterocycles. The molecule has 0 amide bonds. The Labute approximate surface area is 133 Å². The van der Waals surface area contributed by atoms with E-state index in [1.165, 1.54) is 14.2 Å². The van der Waals surface area contributed by atoms with Crippen LogP contribution < -0.4 is 0 Å². The lowest BCUT2D eigenvalue weighted by Gasteiger charge is -2.41. The van der Waals surface area contributed by atoms with Gasteiger partial charge in [-0.3, -0.25) is 0 Å². The molecule has 0 aliphatic heterocycles. The second-order valence-electron chi connectivity index (χ2n) is 4.84. The minimum Gasteiger partial charge on any atom is -0.350 e. The molecule has 2 aliphatic rings. The predicted molar refractivity (Wildman–Crippen MR) is 80.7 cm³/mol. The Kier molecular flexibility index (Phi) is 4.02. The standard InChI is InChI=1S/C13H16Cl4O2/c1-5-7(2)8-6-11(16)9(14)10(15)12(8,17)13(11,18-3)19-4/h5-6,9-10H,1-4H3/b7-5+. The second-order valence-corrected chi connectivity index (χ2v) is 7.00. The number of ether oxygens (including phenoxy) is 2. The Hall–Kier alpha value is 0.560. The summed E-state index contributed by atoms with van der Waals surface area (Å²) in [6, 6.07) is 0. The van der Waals surface area contributed by atoms with Gasteiger partial charge in [-0.15, -0.1) is 46.4 Å². The zero-order chi connectivity index (χ0) is 14.6. The molecular weight excluding hydrogens is 330 g/mol. The molecule has 0 radical (unpaired) electrons. The molecule has 108 valence electrons. The van der Waals surface area contributed by atoms with E-state index in [2.05, 4.69) is 0 Å². The van der Waals surface area contributed by atoms with Crippen LogP contribution in [0, 0.1) is 0 Å². The Bertz CT molecular complexity index is 458. The summed E-state index contributed by atoms with van der Waals surface area (Å²) >= 11 is 26.4. The fourth-order valence-electron chi connectivity index (χ4n) is 3.12. The minimum atomic E-state index is -1.29. The van der Waals surface area contributed by atoms with Gasteiger partial charge in [0.2, 0.25) is 5.79 Å². The van der Waals surface area contributed by atoms with Crippen LogP contribution in [-0.4, -0.2) is 40.5 Å². The van der Waals surface area contributed by atoms with Crippen molar-refractivity contribution in [1.29, 1.82) is 0 Å². The molecule has 4 atom stereocenters. The lowest BCUT2D eigenvalue weighted by Crippen LogP contribution is -2.57. The molecule has 0 aromatic carbocycles. The van der Waals surface area contributed by atoms with Gasteiger partial charge in [-0.1, -0.05) is 17.7 Å². The number of halogens is 4. The van der Waals surface area contributed by atoms with E-state index >= 15 is 0 Å². The summed E-state index contributed by atoms with van der Waals surface area (Å²) in [6.07, 6.45) is 3.76. The maximum absolute atomic E-state index is 6.83. The molecule has 0 N–H and O–H groups in total. The third kappa shape index (κ3) is 1.54. The fraction of sp³-hybridized carbons (Fsp3) is 0.692. The lowest BCUT2D eigenvalue weighted by atomic mass is 9.90. The van der Waals surface area contributed by atoms with Gasteiger partial charge in [0, 0.05) is 14.2 Å². The van der Waals surface area contributed by atoms with E-state index < -0.39 is 26.3 Å². The first-order valence-electron chi connectivity index (χ1n) is 5.89. The van der Waals surface area contributed by atoms with Crippen LogP contribution >= 0.6 is 46.4 Å². The van der Waals surface area contributed by atoms with E-state index in [1.54, 1.807) is 0 Å². The summed E-state index contributed by atoms with van der Waals surface area (Å²) < 4.78 is 11.1. The SMILES string of the molecule is C/C=C(\C)C1=CC2(Cl)C(Cl)C(Cl)C1(Cl)C2(OC)OC. The monoisotopic (exact) mass is 344 g/mol. The number of hydrogen-bond acceptors (Lipinski definition) is 2. The number of alkyl halides is 4. The normalized spacial score (nSPS) is 44.6. The lowest BCUT2D eigenvalue weighted by molar-refractivity contribution is -0.216. The number of rotatable bonds is 3. The van der Waals surface area contributed by atoms with Crippen LogP contribution in [0.3, 0.4) is 0 Å². The van der Waals surface area contributed by atoms with Crippen molar-refractivity contribution in [3.63, 3.8) is 0 Å². The molecule has 0 spiro atoms. The van der Waals surface area contributed by atoms with Crippen LogP contribution in [0.4, 0.5) is 0 Å². The Morgan fingerprint density at radius 2 is 1.74 bits per heavy atom. The van der Waals surface area contributed by atoms with Crippen molar-refractivity contribution in [3.05, 3.63) is 23.3 Å². The molecule has 2 nitrogen and oxygen atoms in total. The van der Waals surface area contributed by atoms with Crippen molar-refractivity contribution in [2.24, 2.45) is 0 Å². The van der Waals surface area contributed by atoms with Crippen LogP contribution in [0.15, 0.2) is 23.3 Å². The highest BCUT2D eigenvalue weighted by atomic mass is 35.5. The van der Waals surface area contributed by atoms with E-state index in [0.29, 0.717) is 0 Å².